The summed E-state index contributed by atoms with van der Waals surface area (Å²) in [6, 6.07) is 5.49. The molecule has 2 amide bonds. The zero-order valence-corrected chi connectivity index (χ0v) is 14.1. The van der Waals surface area contributed by atoms with Crippen molar-refractivity contribution in [2.75, 3.05) is 21.1 Å². The molecule has 0 spiro atoms. The number of fused-ring (bicyclic) bond motifs is 1. The molecule has 1 aromatic carbocycles. The van der Waals surface area contributed by atoms with Crippen molar-refractivity contribution < 1.29 is 9.59 Å². The number of carbonyl (C=O) groups is 2. The number of nitrogens with zero attached hydrogens (tertiary/aromatic N) is 2. The highest BCUT2D eigenvalue weighted by molar-refractivity contribution is 5.97. The van der Waals surface area contributed by atoms with Crippen molar-refractivity contribution in [1.29, 1.82) is 0 Å². The van der Waals surface area contributed by atoms with Crippen LogP contribution in [0.2, 0.25) is 0 Å². The molecule has 0 radical (unpaired) electrons. The lowest BCUT2D eigenvalue weighted by Crippen LogP contribution is -2.21. The Labute approximate surface area is 136 Å². The van der Waals surface area contributed by atoms with Gasteiger partial charge in [-0.05, 0) is 30.5 Å². The van der Waals surface area contributed by atoms with E-state index in [0.29, 0.717) is 17.9 Å². The molecule has 2 rings (SSSR count). The zero-order valence-electron chi connectivity index (χ0n) is 14.1. The largest absolute Gasteiger partial charge is 0.359 e. The summed E-state index contributed by atoms with van der Waals surface area (Å²) >= 11 is 0. The van der Waals surface area contributed by atoms with Crippen LogP contribution in [0.15, 0.2) is 18.2 Å². The third-order valence-electron chi connectivity index (χ3n) is 3.87. The van der Waals surface area contributed by atoms with Gasteiger partial charge in [-0.3, -0.25) is 9.59 Å². The van der Waals surface area contributed by atoms with E-state index in [0.717, 1.165) is 29.7 Å². The molecule has 1 aromatic heterocycles. The summed E-state index contributed by atoms with van der Waals surface area (Å²) in [7, 11) is 5.12. The Kier molecular flexibility index (Phi) is 5.36. The molecule has 23 heavy (non-hydrogen) atoms. The molecular weight excluding hydrogens is 292 g/mol. The van der Waals surface area contributed by atoms with Crippen LogP contribution in [-0.4, -0.2) is 47.8 Å². The first kappa shape index (κ1) is 17.0. The fourth-order valence-electron chi connectivity index (χ4n) is 2.48. The molecule has 0 aliphatic carbocycles. The van der Waals surface area contributed by atoms with Gasteiger partial charge >= 0.3 is 0 Å². The van der Waals surface area contributed by atoms with Gasteiger partial charge in [-0.2, -0.15) is 0 Å². The topological polar surface area (TPSA) is 78.1 Å². The van der Waals surface area contributed by atoms with Crippen LogP contribution in [0.25, 0.3) is 11.0 Å². The van der Waals surface area contributed by atoms with E-state index in [1.807, 2.05) is 12.1 Å². The molecule has 0 saturated heterocycles. The number of nitrogens with one attached hydrogen (secondary N) is 2. The average molecular weight is 316 g/mol. The molecule has 0 fully saturated rings. The van der Waals surface area contributed by atoms with E-state index in [4.69, 9.17) is 0 Å². The maximum atomic E-state index is 12.0. The van der Waals surface area contributed by atoms with Gasteiger partial charge in [0.25, 0.3) is 5.91 Å². The molecule has 0 saturated carbocycles. The number of hydrogen-bond donors (Lipinski definition) is 2. The van der Waals surface area contributed by atoms with Gasteiger partial charge in [-0.25, -0.2) is 4.98 Å². The van der Waals surface area contributed by atoms with Crippen molar-refractivity contribution in [3.63, 3.8) is 0 Å². The van der Waals surface area contributed by atoms with E-state index in [2.05, 4.69) is 22.2 Å². The van der Waals surface area contributed by atoms with Gasteiger partial charge in [-0.15, -0.1) is 0 Å². The van der Waals surface area contributed by atoms with Crippen LogP contribution in [0, 0.1) is 5.92 Å². The monoisotopic (exact) mass is 316 g/mol. The van der Waals surface area contributed by atoms with E-state index in [1.54, 1.807) is 32.1 Å². The second-order valence-electron chi connectivity index (χ2n) is 6.14. The lowest BCUT2D eigenvalue weighted by molar-refractivity contribution is -0.120. The van der Waals surface area contributed by atoms with Gasteiger partial charge in [0.15, 0.2) is 0 Å². The molecule has 2 aromatic rings. The zero-order chi connectivity index (χ0) is 17.0. The van der Waals surface area contributed by atoms with Crippen molar-refractivity contribution in [3.8, 4) is 0 Å². The number of aromatic amines is 1. The predicted octanol–water partition coefficient (Wildman–Crippen LogP) is 1.97. The molecule has 124 valence electrons. The summed E-state index contributed by atoms with van der Waals surface area (Å²) < 4.78 is 0. The third-order valence-corrected chi connectivity index (χ3v) is 3.87. The van der Waals surface area contributed by atoms with E-state index in [1.165, 1.54) is 0 Å². The van der Waals surface area contributed by atoms with Crippen LogP contribution in [0.4, 0.5) is 0 Å². The number of benzene rings is 1. The van der Waals surface area contributed by atoms with Crippen LogP contribution in [0.5, 0.6) is 0 Å². The Balaban J connectivity index is 2.08. The van der Waals surface area contributed by atoms with E-state index >= 15 is 0 Å². The Morgan fingerprint density at radius 2 is 2.09 bits per heavy atom. The molecule has 0 bridgehead atoms. The number of aromatic nitrogens is 2. The highest BCUT2D eigenvalue weighted by Gasteiger charge is 2.12. The number of rotatable bonds is 6. The minimum Gasteiger partial charge on any atom is -0.359 e. The predicted molar refractivity (Wildman–Crippen MR) is 90.3 cm³/mol. The lowest BCUT2D eigenvalue weighted by atomic mass is 10.0. The molecule has 1 heterocycles. The van der Waals surface area contributed by atoms with Crippen LogP contribution in [-0.2, 0) is 11.2 Å². The molecule has 2 N–H and O–H groups in total. The van der Waals surface area contributed by atoms with Crippen molar-refractivity contribution >= 4 is 22.8 Å². The smallest absolute Gasteiger partial charge is 0.253 e. The average Bonchev–Trinajstić information content (AvgIpc) is 2.92. The quantitative estimate of drug-likeness (QED) is 0.855. The van der Waals surface area contributed by atoms with Crippen LogP contribution >= 0.6 is 0 Å². The second-order valence-corrected chi connectivity index (χ2v) is 6.14. The second kappa shape index (κ2) is 7.26. The van der Waals surface area contributed by atoms with E-state index < -0.39 is 0 Å². The van der Waals surface area contributed by atoms with Gasteiger partial charge in [-0.1, -0.05) is 6.92 Å². The van der Waals surface area contributed by atoms with Crippen molar-refractivity contribution in [2.45, 2.75) is 26.2 Å². The van der Waals surface area contributed by atoms with Crippen molar-refractivity contribution in [3.05, 3.63) is 29.6 Å². The standard InChI is InChI=1S/C17H24N4O2/c1-11(5-8-16(22)18-2)9-15-19-13-7-6-12(10-14(13)20-15)17(23)21(3)4/h6-7,10-11H,5,8-9H2,1-4H3,(H,18,22)(H,19,20)/t11-/m0/s1. The molecule has 0 unspecified atom stereocenters. The molecule has 6 heteroatoms. The van der Waals surface area contributed by atoms with E-state index in [9.17, 15) is 9.59 Å². The van der Waals surface area contributed by atoms with Gasteiger partial charge in [0.05, 0.1) is 11.0 Å². The summed E-state index contributed by atoms with van der Waals surface area (Å²) in [6.07, 6.45) is 2.13. The van der Waals surface area contributed by atoms with Crippen molar-refractivity contribution in [1.82, 2.24) is 20.2 Å². The maximum absolute atomic E-state index is 12.0. The Morgan fingerprint density at radius 3 is 2.74 bits per heavy atom. The van der Waals surface area contributed by atoms with Crippen molar-refractivity contribution in [2.24, 2.45) is 5.92 Å². The number of hydrogen-bond acceptors (Lipinski definition) is 3. The number of H-pyrrole nitrogens is 1. The number of carbonyl (C=O) groups excluding carboxylic acids is 2. The summed E-state index contributed by atoms with van der Waals surface area (Å²) in [5.41, 5.74) is 2.37. The summed E-state index contributed by atoms with van der Waals surface area (Å²) in [4.78, 5) is 32.7. The van der Waals surface area contributed by atoms with Gasteiger partial charge in [0, 0.05) is 39.5 Å². The fourth-order valence-corrected chi connectivity index (χ4v) is 2.48. The first-order valence-electron chi connectivity index (χ1n) is 7.81. The molecular formula is C17H24N4O2. The Bertz CT molecular complexity index is 706. The maximum Gasteiger partial charge on any atom is 0.253 e. The molecule has 0 aliphatic rings. The first-order chi connectivity index (χ1) is 10.9. The molecule has 0 aliphatic heterocycles. The summed E-state index contributed by atoms with van der Waals surface area (Å²) in [5, 5.41) is 2.63. The first-order valence-corrected chi connectivity index (χ1v) is 7.81. The third kappa shape index (κ3) is 4.31. The van der Waals surface area contributed by atoms with Crippen LogP contribution in [0.3, 0.4) is 0 Å². The van der Waals surface area contributed by atoms with Gasteiger partial charge in [0.2, 0.25) is 5.91 Å². The minimum atomic E-state index is -0.0259. The molecule has 6 nitrogen and oxygen atoms in total. The summed E-state index contributed by atoms with van der Waals surface area (Å²) in [5.74, 6) is 1.28. The molecule has 1 atom stereocenters. The number of imidazole rings is 1. The highest BCUT2D eigenvalue weighted by atomic mass is 16.2. The van der Waals surface area contributed by atoms with Gasteiger partial charge < -0.3 is 15.2 Å². The Morgan fingerprint density at radius 1 is 1.35 bits per heavy atom. The van der Waals surface area contributed by atoms with Crippen LogP contribution in [0.1, 0.15) is 35.9 Å². The van der Waals surface area contributed by atoms with E-state index in [-0.39, 0.29) is 11.8 Å². The SMILES string of the molecule is CNC(=O)CC[C@H](C)Cc1nc2ccc(C(=O)N(C)C)cc2[nH]1. The van der Waals surface area contributed by atoms with Crippen LogP contribution < -0.4 is 5.32 Å². The lowest BCUT2D eigenvalue weighted by Gasteiger charge is -2.09. The summed E-state index contributed by atoms with van der Waals surface area (Å²) in [6.45, 7) is 2.11. The Hall–Kier alpha value is -2.37. The fraction of sp³-hybridized carbons (Fsp3) is 0.471. The normalized spacial score (nSPS) is 12.2. The highest BCUT2D eigenvalue weighted by Crippen LogP contribution is 2.18. The number of amides is 2. The van der Waals surface area contributed by atoms with Gasteiger partial charge in [0.1, 0.15) is 5.82 Å². The minimum absolute atomic E-state index is 0.0259.